The van der Waals surface area contributed by atoms with Gasteiger partial charge in [0, 0.05) is 6.20 Å². The molecule has 0 unspecified atom stereocenters. The van der Waals surface area contributed by atoms with Gasteiger partial charge in [0.15, 0.2) is 0 Å². The van der Waals surface area contributed by atoms with Crippen molar-refractivity contribution in [1.82, 2.24) is 15.5 Å². The summed E-state index contributed by atoms with van der Waals surface area (Å²) in [7, 11) is 0. The number of fused-ring (bicyclic) bond motifs is 1. The van der Waals surface area contributed by atoms with E-state index in [4.69, 9.17) is 4.52 Å². The maximum Gasteiger partial charge on any atom is 0.329 e. The number of nitrogens with zero attached hydrogens (tertiary/aromatic N) is 2. The Morgan fingerprint density at radius 2 is 2.10 bits per heavy atom. The van der Waals surface area contributed by atoms with Crippen LogP contribution in [-0.4, -0.2) is 32.7 Å². The predicted molar refractivity (Wildman–Crippen MR) is 72.8 cm³/mol. The van der Waals surface area contributed by atoms with Crippen LogP contribution in [0.2, 0.25) is 0 Å². The minimum absolute atomic E-state index is 0.307. The van der Waals surface area contributed by atoms with Crippen LogP contribution in [0.1, 0.15) is 41.7 Å². The summed E-state index contributed by atoms with van der Waals surface area (Å²) in [6.45, 7) is 1.75. The maximum atomic E-state index is 12.3. The number of hydrogen-bond donors (Lipinski definition) is 2. The van der Waals surface area contributed by atoms with Crippen molar-refractivity contribution in [2.45, 2.75) is 38.1 Å². The van der Waals surface area contributed by atoms with Crippen molar-refractivity contribution in [1.29, 1.82) is 0 Å². The molecule has 2 N–H and O–H groups in total. The molecule has 0 aromatic carbocycles. The average Bonchev–Trinajstić information content (AvgIpc) is 3.07. The number of hydrogen-bond acceptors (Lipinski definition) is 5. The molecule has 1 amide bonds. The van der Waals surface area contributed by atoms with Gasteiger partial charge in [-0.2, -0.15) is 0 Å². The standard InChI is InChI=1S/C14H15N3O4/c1-8-10-6-9(7-15-12(10)21-17-8)11(18)16-14(13(19)20)4-2-3-5-14/h6-7H,2-5H2,1H3,(H,16,18)(H,19,20). The predicted octanol–water partition coefficient (Wildman–Crippen LogP) is 1.66. The highest BCUT2D eigenvalue weighted by molar-refractivity contribution is 5.99. The molecule has 21 heavy (non-hydrogen) atoms. The molecule has 0 spiro atoms. The maximum absolute atomic E-state index is 12.3. The number of pyridine rings is 1. The number of carboxylic acid groups (broad SMARTS) is 1. The first kappa shape index (κ1) is 13.5. The molecule has 110 valence electrons. The number of nitrogens with one attached hydrogen (secondary N) is 1. The van der Waals surface area contributed by atoms with Gasteiger partial charge >= 0.3 is 5.97 Å². The van der Waals surface area contributed by atoms with Gasteiger partial charge in [-0.3, -0.25) is 4.79 Å². The van der Waals surface area contributed by atoms with E-state index in [0.717, 1.165) is 12.8 Å². The fourth-order valence-corrected chi connectivity index (χ4v) is 2.73. The average molecular weight is 289 g/mol. The lowest BCUT2D eigenvalue weighted by Crippen LogP contribution is -2.52. The second-order valence-corrected chi connectivity index (χ2v) is 5.39. The Bertz CT molecular complexity index is 716. The Labute approximate surface area is 120 Å². The summed E-state index contributed by atoms with van der Waals surface area (Å²) in [5.74, 6) is -1.42. The van der Waals surface area contributed by atoms with E-state index in [9.17, 15) is 14.7 Å². The van der Waals surface area contributed by atoms with Gasteiger partial charge in [0.1, 0.15) is 5.54 Å². The highest BCUT2D eigenvalue weighted by Gasteiger charge is 2.42. The van der Waals surface area contributed by atoms with Crippen LogP contribution in [0.3, 0.4) is 0 Å². The summed E-state index contributed by atoms with van der Waals surface area (Å²) in [6.07, 6.45) is 3.88. The Balaban J connectivity index is 1.89. The first-order chi connectivity index (χ1) is 10.0. The molecule has 1 aliphatic carbocycles. The van der Waals surface area contributed by atoms with E-state index in [-0.39, 0.29) is 0 Å². The molecule has 2 heterocycles. The molecule has 3 rings (SSSR count). The Kier molecular flexibility index (Phi) is 3.12. The molecular formula is C14H15N3O4. The zero-order valence-corrected chi connectivity index (χ0v) is 11.5. The molecule has 1 saturated carbocycles. The van der Waals surface area contributed by atoms with Crippen molar-refractivity contribution in [2.24, 2.45) is 0 Å². The van der Waals surface area contributed by atoms with Crippen LogP contribution in [0.15, 0.2) is 16.8 Å². The summed E-state index contributed by atoms with van der Waals surface area (Å²) in [5, 5.41) is 16.5. The lowest BCUT2D eigenvalue weighted by atomic mass is 9.97. The van der Waals surface area contributed by atoms with Gasteiger partial charge in [0.05, 0.1) is 16.6 Å². The van der Waals surface area contributed by atoms with Gasteiger partial charge in [-0.1, -0.05) is 18.0 Å². The van der Waals surface area contributed by atoms with E-state index in [0.29, 0.717) is 35.2 Å². The number of carbonyl (C=O) groups excluding carboxylic acids is 1. The number of aromatic nitrogens is 2. The molecule has 0 saturated heterocycles. The molecule has 0 aliphatic heterocycles. The van der Waals surface area contributed by atoms with Crippen LogP contribution < -0.4 is 5.32 Å². The molecule has 7 heteroatoms. The fourth-order valence-electron chi connectivity index (χ4n) is 2.73. The van der Waals surface area contributed by atoms with Crippen molar-refractivity contribution < 1.29 is 19.2 Å². The van der Waals surface area contributed by atoms with Crippen molar-refractivity contribution >= 4 is 23.0 Å². The van der Waals surface area contributed by atoms with Crippen LogP contribution >= 0.6 is 0 Å². The topological polar surface area (TPSA) is 105 Å². The molecule has 7 nitrogen and oxygen atoms in total. The van der Waals surface area contributed by atoms with Crippen LogP contribution in [-0.2, 0) is 4.79 Å². The highest BCUT2D eigenvalue weighted by atomic mass is 16.5. The second-order valence-electron chi connectivity index (χ2n) is 5.39. The number of rotatable bonds is 3. The first-order valence-corrected chi connectivity index (χ1v) is 6.80. The molecule has 0 bridgehead atoms. The number of amides is 1. The highest BCUT2D eigenvalue weighted by Crippen LogP contribution is 2.30. The van der Waals surface area contributed by atoms with Gasteiger partial charge in [-0.25, -0.2) is 9.78 Å². The molecule has 1 fully saturated rings. The van der Waals surface area contributed by atoms with Crippen LogP contribution in [0.25, 0.3) is 11.1 Å². The van der Waals surface area contributed by atoms with E-state index in [2.05, 4.69) is 15.5 Å². The van der Waals surface area contributed by atoms with E-state index >= 15 is 0 Å². The summed E-state index contributed by atoms with van der Waals surface area (Å²) in [5.41, 5.74) is 0.149. The third-order valence-corrected chi connectivity index (χ3v) is 3.99. The normalized spacial score (nSPS) is 17.0. The zero-order valence-electron chi connectivity index (χ0n) is 11.5. The molecular weight excluding hydrogens is 274 g/mol. The number of aryl methyl sites for hydroxylation is 1. The zero-order chi connectivity index (χ0) is 15.0. The van der Waals surface area contributed by atoms with Crippen LogP contribution in [0.5, 0.6) is 0 Å². The number of carbonyl (C=O) groups is 2. The van der Waals surface area contributed by atoms with Crippen molar-refractivity contribution in [3.63, 3.8) is 0 Å². The Morgan fingerprint density at radius 3 is 2.76 bits per heavy atom. The molecule has 1 aliphatic rings. The van der Waals surface area contributed by atoms with Crippen LogP contribution in [0, 0.1) is 6.92 Å². The second kappa shape index (κ2) is 4.83. The smallest absolute Gasteiger partial charge is 0.329 e. The van der Waals surface area contributed by atoms with Gasteiger partial charge in [-0.05, 0) is 25.8 Å². The molecule has 0 radical (unpaired) electrons. The van der Waals surface area contributed by atoms with E-state index in [1.165, 1.54) is 6.20 Å². The molecule has 2 aromatic rings. The summed E-state index contributed by atoms with van der Waals surface area (Å²) in [4.78, 5) is 27.8. The van der Waals surface area contributed by atoms with Gasteiger partial charge in [-0.15, -0.1) is 0 Å². The van der Waals surface area contributed by atoms with Gasteiger partial charge in [0.25, 0.3) is 11.6 Å². The summed E-state index contributed by atoms with van der Waals surface area (Å²) >= 11 is 0. The third kappa shape index (κ3) is 2.24. The Morgan fingerprint density at radius 1 is 1.38 bits per heavy atom. The third-order valence-electron chi connectivity index (χ3n) is 3.99. The van der Waals surface area contributed by atoms with E-state index in [1.54, 1.807) is 13.0 Å². The summed E-state index contributed by atoms with van der Waals surface area (Å²) < 4.78 is 4.99. The van der Waals surface area contributed by atoms with E-state index < -0.39 is 17.4 Å². The fraction of sp³-hybridized carbons (Fsp3) is 0.429. The minimum atomic E-state index is -1.16. The molecule has 0 atom stereocenters. The SMILES string of the molecule is Cc1noc2ncc(C(=O)NC3(C(=O)O)CCCC3)cc12. The molecule has 2 aromatic heterocycles. The first-order valence-electron chi connectivity index (χ1n) is 6.80. The minimum Gasteiger partial charge on any atom is -0.480 e. The quantitative estimate of drug-likeness (QED) is 0.890. The van der Waals surface area contributed by atoms with E-state index in [1.807, 2.05) is 0 Å². The lowest BCUT2D eigenvalue weighted by molar-refractivity contribution is -0.144. The van der Waals surface area contributed by atoms with Crippen molar-refractivity contribution in [3.8, 4) is 0 Å². The lowest BCUT2D eigenvalue weighted by Gasteiger charge is -2.25. The largest absolute Gasteiger partial charge is 0.480 e. The van der Waals surface area contributed by atoms with Gasteiger partial charge < -0.3 is 14.9 Å². The Hall–Kier alpha value is -2.44. The summed E-state index contributed by atoms with van der Waals surface area (Å²) in [6, 6.07) is 1.62. The van der Waals surface area contributed by atoms with Gasteiger partial charge in [0.2, 0.25) is 0 Å². The monoisotopic (exact) mass is 289 g/mol. The van der Waals surface area contributed by atoms with Crippen molar-refractivity contribution in [2.75, 3.05) is 0 Å². The van der Waals surface area contributed by atoms with Crippen LogP contribution in [0.4, 0.5) is 0 Å². The number of carboxylic acids is 1. The number of aliphatic carboxylic acids is 1. The van der Waals surface area contributed by atoms with Crippen molar-refractivity contribution in [3.05, 3.63) is 23.5 Å².